The molecule has 0 amide bonds. The zero-order valence-corrected chi connectivity index (χ0v) is 8.52. The van der Waals surface area contributed by atoms with Crippen LogP contribution in [0.4, 0.5) is 0 Å². The summed E-state index contributed by atoms with van der Waals surface area (Å²) < 4.78 is 6.14. The molecule has 0 saturated carbocycles. The van der Waals surface area contributed by atoms with Crippen molar-refractivity contribution < 1.29 is 14.6 Å². The van der Waals surface area contributed by atoms with E-state index in [0.717, 1.165) is 0 Å². The van der Waals surface area contributed by atoms with E-state index in [1.807, 2.05) is 13.8 Å². The molecule has 0 fully saturated rings. The van der Waals surface area contributed by atoms with Crippen LogP contribution in [0.3, 0.4) is 0 Å². The number of carbonyl (C=O) groups excluding carboxylic acids is 1. The molecule has 0 spiro atoms. The van der Waals surface area contributed by atoms with Gasteiger partial charge < -0.3 is 9.84 Å². The molecule has 0 aliphatic rings. The summed E-state index contributed by atoms with van der Waals surface area (Å²) in [5.74, 6) is -0.487. The van der Waals surface area contributed by atoms with Crippen LogP contribution in [0, 0.1) is 0 Å². The largest absolute Gasteiger partial charge is 0.464 e. The minimum Gasteiger partial charge on any atom is -0.464 e. The molecule has 0 saturated heterocycles. The second-order valence-electron chi connectivity index (χ2n) is 3.21. The SMILES string of the molecule is COC(=O)c1cc(CO)n(C(C)C)n1. The van der Waals surface area contributed by atoms with E-state index < -0.39 is 5.97 Å². The molecule has 5 heteroatoms. The van der Waals surface area contributed by atoms with Gasteiger partial charge in [0.1, 0.15) is 0 Å². The van der Waals surface area contributed by atoms with Crippen LogP contribution in [0.5, 0.6) is 0 Å². The summed E-state index contributed by atoms with van der Waals surface area (Å²) in [4.78, 5) is 11.1. The van der Waals surface area contributed by atoms with Crippen molar-refractivity contribution >= 4 is 5.97 Å². The fourth-order valence-corrected chi connectivity index (χ4v) is 1.20. The van der Waals surface area contributed by atoms with Crippen LogP contribution in [0.15, 0.2) is 6.07 Å². The molecule has 0 radical (unpaired) electrons. The zero-order valence-electron chi connectivity index (χ0n) is 8.52. The molecule has 1 rings (SSSR count). The summed E-state index contributed by atoms with van der Waals surface area (Å²) >= 11 is 0. The first kappa shape index (κ1) is 10.7. The maximum absolute atomic E-state index is 11.1. The Morgan fingerprint density at radius 1 is 1.71 bits per heavy atom. The fraction of sp³-hybridized carbons (Fsp3) is 0.556. The van der Waals surface area contributed by atoms with E-state index >= 15 is 0 Å². The topological polar surface area (TPSA) is 64.3 Å². The first-order valence-electron chi connectivity index (χ1n) is 4.37. The van der Waals surface area contributed by atoms with Gasteiger partial charge in [-0.2, -0.15) is 5.10 Å². The number of carbonyl (C=O) groups is 1. The maximum Gasteiger partial charge on any atom is 0.358 e. The van der Waals surface area contributed by atoms with Gasteiger partial charge in [0.15, 0.2) is 5.69 Å². The van der Waals surface area contributed by atoms with Crippen LogP contribution in [0.25, 0.3) is 0 Å². The minimum absolute atomic E-state index is 0.107. The lowest BCUT2D eigenvalue weighted by Gasteiger charge is -2.08. The third-order valence-corrected chi connectivity index (χ3v) is 1.86. The number of rotatable bonds is 3. The Morgan fingerprint density at radius 2 is 2.36 bits per heavy atom. The van der Waals surface area contributed by atoms with Gasteiger partial charge in [0.2, 0.25) is 0 Å². The number of hydrogen-bond acceptors (Lipinski definition) is 4. The molecule has 1 N–H and O–H groups in total. The number of esters is 1. The molecule has 0 atom stereocenters. The number of ether oxygens (including phenoxy) is 1. The quantitative estimate of drug-likeness (QED) is 0.728. The van der Waals surface area contributed by atoms with Gasteiger partial charge in [-0.1, -0.05) is 0 Å². The summed E-state index contributed by atoms with van der Waals surface area (Å²) in [5, 5.41) is 13.1. The number of aliphatic hydroxyl groups is 1. The van der Waals surface area contributed by atoms with Crippen molar-refractivity contribution in [3.05, 3.63) is 17.5 Å². The first-order valence-corrected chi connectivity index (χ1v) is 4.37. The Hall–Kier alpha value is -1.36. The van der Waals surface area contributed by atoms with E-state index in [4.69, 9.17) is 5.11 Å². The molecule has 14 heavy (non-hydrogen) atoms. The molecule has 0 unspecified atom stereocenters. The summed E-state index contributed by atoms with van der Waals surface area (Å²) in [7, 11) is 1.30. The number of hydrogen-bond donors (Lipinski definition) is 1. The van der Waals surface area contributed by atoms with Crippen molar-refractivity contribution in [2.75, 3.05) is 7.11 Å². The summed E-state index contributed by atoms with van der Waals surface area (Å²) in [5.41, 5.74) is 0.839. The highest BCUT2D eigenvalue weighted by molar-refractivity contribution is 5.87. The highest BCUT2D eigenvalue weighted by atomic mass is 16.5. The Morgan fingerprint density at radius 3 is 2.71 bits per heavy atom. The Balaban J connectivity index is 3.06. The van der Waals surface area contributed by atoms with Gasteiger partial charge in [-0.05, 0) is 19.9 Å². The van der Waals surface area contributed by atoms with Gasteiger partial charge in [-0.3, -0.25) is 4.68 Å². The monoisotopic (exact) mass is 198 g/mol. The Labute approximate surface area is 82.3 Å². The third-order valence-electron chi connectivity index (χ3n) is 1.86. The molecular formula is C9H14N2O3. The van der Waals surface area contributed by atoms with E-state index in [1.54, 1.807) is 4.68 Å². The predicted octanol–water partition coefficient (Wildman–Crippen LogP) is 0.743. The number of nitrogens with zero attached hydrogens (tertiary/aromatic N) is 2. The van der Waals surface area contributed by atoms with E-state index in [-0.39, 0.29) is 18.3 Å². The van der Waals surface area contributed by atoms with Gasteiger partial charge in [-0.15, -0.1) is 0 Å². The molecule has 78 valence electrons. The molecule has 1 aromatic heterocycles. The smallest absolute Gasteiger partial charge is 0.358 e. The van der Waals surface area contributed by atoms with E-state index in [1.165, 1.54) is 13.2 Å². The van der Waals surface area contributed by atoms with Crippen LogP contribution >= 0.6 is 0 Å². The number of aliphatic hydroxyl groups excluding tert-OH is 1. The van der Waals surface area contributed by atoms with Crippen LogP contribution in [0.1, 0.15) is 36.1 Å². The lowest BCUT2D eigenvalue weighted by atomic mass is 10.3. The van der Waals surface area contributed by atoms with Gasteiger partial charge in [0, 0.05) is 6.04 Å². The van der Waals surface area contributed by atoms with Crippen molar-refractivity contribution in [1.29, 1.82) is 0 Å². The normalized spacial score (nSPS) is 10.6. The van der Waals surface area contributed by atoms with Crippen molar-refractivity contribution in [1.82, 2.24) is 9.78 Å². The number of methoxy groups -OCH3 is 1. The molecule has 1 aromatic rings. The van der Waals surface area contributed by atoms with E-state index in [2.05, 4.69) is 9.84 Å². The van der Waals surface area contributed by atoms with Gasteiger partial charge in [0.25, 0.3) is 0 Å². The van der Waals surface area contributed by atoms with Crippen molar-refractivity contribution in [3.63, 3.8) is 0 Å². The van der Waals surface area contributed by atoms with Crippen molar-refractivity contribution in [2.24, 2.45) is 0 Å². The molecule has 0 bridgehead atoms. The van der Waals surface area contributed by atoms with Gasteiger partial charge in [0.05, 0.1) is 19.4 Å². The number of aromatic nitrogens is 2. The van der Waals surface area contributed by atoms with Crippen molar-refractivity contribution in [2.45, 2.75) is 26.5 Å². The fourth-order valence-electron chi connectivity index (χ4n) is 1.20. The molecule has 0 aliphatic heterocycles. The lowest BCUT2D eigenvalue weighted by molar-refractivity contribution is 0.0593. The average Bonchev–Trinajstić information content (AvgIpc) is 2.60. The molecular weight excluding hydrogens is 184 g/mol. The predicted molar refractivity (Wildman–Crippen MR) is 49.9 cm³/mol. The van der Waals surface area contributed by atoms with Crippen LogP contribution < -0.4 is 0 Å². The summed E-state index contributed by atoms with van der Waals surface area (Å²) in [6.07, 6.45) is 0. The standard InChI is InChI=1S/C9H14N2O3/c1-6(2)11-7(5-12)4-8(10-11)9(13)14-3/h4,6,12H,5H2,1-3H3. The molecule has 1 heterocycles. The second kappa shape index (κ2) is 4.23. The lowest BCUT2D eigenvalue weighted by Crippen LogP contribution is -2.09. The highest BCUT2D eigenvalue weighted by Gasteiger charge is 2.15. The van der Waals surface area contributed by atoms with Crippen LogP contribution in [-0.4, -0.2) is 28.0 Å². The molecule has 0 aromatic carbocycles. The average molecular weight is 198 g/mol. The van der Waals surface area contributed by atoms with Crippen LogP contribution in [0.2, 0.25) is 0 Å². The third kappa shape index (κ3) is 1.93. The summed E-state index contributed by atoms with van der Waals surface area (Å²) in [6.45, 7) is 3.71. The van der Waals surface area contributed by atoms with Gasteiger partial charge in [-0.25, -0.2) is 4.79 Å². The van der Waals surface area contributed by atoms with Crippen molar-refractivity contribution in [3.8, 4) is 0 Å². The minimum atomic E-state index is -0.487. The van der Waals surface area contributed by atoms with E-state index in [9.17, 15) is 4.79 Å². The Kier molecular flexibility index (Phi) is 3.24. The van der Waals surface area contributed by atoms with Crippen LogP contribution in [-0.2, 0) is 11.3 Å². The summed E-state index contributed by atoms with van der Waals surface area (Å²) in [6, 6.07) is 1.64. The maximum atomic E-state index is 11.1. The first-order chi connectivity index (χ1) is 6.60. The highest BCUT2D eigenvalue weighted by Crippen LogP contribution is 2.11. The molecule has 0 aliphatic carbocycles. The van der Waals surface area contributed by atoms with Gasteiger partial charge >= 0.3 is 5.97 Å². The second-order valence-corrected chi connectivity index (χ2v) is 3.21. The molecule has 5 nitrogen and oxygen atoms in total. The van der Waals surface area contributed by atoms with E-state index in [0.29, 0.717) is 5.69 Å². The Bertz CT molecular complexity index is 331. The zero-order chi connectivity index (χ0) is 10.7.